The first-order valence-electron chi connectivity index (χ1n) is 6.45. The second-order valence-corrected chi connectivity index (χ2v) is 4.62. The molecule has 1 saturated carbocycles. The molecule has 19 heavy (non-hydrogen) atoms. The van der Waals surface area contributed by atoms with Crippen molar-refractivity contribution in [3.63, 3.8) is 0 Å². The second-order valence-electron chi connectivity index (χ2n) is 4.62. The van der Waals surface area contributed by atoms with E-state index in [1.54, 1.807) is 6.07 Å². The van der Waals surface area contributed by atoms with Crippen molar-refractivity contribution in [1.29, 1.82) is 0 Å². The molecular weight excluding hydrogens is 246 g/mol. The normalized spacial score (nSPS) is 14.6. The number of carbonyl (C=O) groups excluding carboxylic acids is 1. The fourth-order valence-corrected chi connectivity index (χ4v) is 1.99. The molecule has 2 N–H and O–H groups in total. The highest BCUT2D eigenvalue weighted by atomic mass is 16.6. The van der Waals surface area contributed by atoms with Crippen molar-refractivity contribution in [3.05, 3.63) is 33.9 Å². The van der Waals surface area contributed by atoms with Crippen LogP contribution < -0.4 is 10.6 Å². The third kappa shape index (κ3) is 3.01. The van der Waals surface area contributed by atoms with Gasteiger partial charge < -0.3 is 10.6 Å². The SMILES string of the molecule is CCNc1ccc([N+](=O)[O-])cc1C(=O)NC1CCC1. The van der Waals surface area contributed by atoms with Crippen LogP contribution in [0.4, 0.5) is 11.4 Å². The van der Waals surface area contributed by atoms with Crippen molar-refractivity contribution >= 4 is 17.3 Å². The van der Waals surface area contributed by atoms with Crippen LogP contribution in [0, 0.1) is 10.1 Å². The molecule has 2 rings (SSSR count). The molecule has 1 aromatic carbocycles. The summed E-state index contributed by atoms with van der Waals surface area (Å²) in [5, 5.41) is 16.7. The van der Waals surface area contributed by atoms with Gasteiger partial charge in [-0.3, -0.25) is 14.9 Å². The molecule has 1 amide bonds. The predicted octanol–water partition coefficient (Wildman–Crippen LogP) is 2.31. The summed E-state index contributed by atoms with van der Waals surface area (Å²) in [6.45, 7) is 2.57. The highest BCUT2D eigenvalue weighted by Gasteiger charge is 2.22. The summed E-state index contributed by atoms with van der Waals surface area (Å²) in [6, 6.07) is 4.52. The van der Waals surface area contributed by atoms with Crippen molar-refractivity contribution in [2.45, 2.75) is 32.2 Å². The van der Waals surface area contributed by atoms with Crippen molar-refractivity contribution in [1.82, 2.24) is 5.32 Å². The van der Waals surface area contributed by atoms with Gasteiger partial charge in [-0.15, -0.1) is 0 Å². The molecular formula is C13H17N3O3. The molecule has 0 unspecified atom stereocenters. The molecule has 102 valence electrons. The Morgan fingerprint density at radius 3 is 2.74 bits per heavy atom. The number of nitro benzene ring substituents is 1. The molecule has 0 bridgehead atoms. The van der Waals surface area contributed by atoms with E-state index in [1.165, 1.54) is 12.1 Å². The quantitative estimate of drug-likeness (QED) is 0.630. The van der Waals surface area contributed by atoms with Crippen LogP contribution in [0.1, 0.15) is 36.5 Å². The fraction of sp³-hybridized carbons (Fsp3) is 0.462. The van der Waals surface area contributed by atoms with E-state index in [-0.39, 0.29) is 17.6 Å². The maximum absolute atomic E-state index is 12.1. The summed E-state index contributed by atoms with van der Waals surface area (Å²) in [5.41, 5.74) is 0.897. The smallest absolute Gasteiger partial charge is 0.270 e. The van der Waals surface area contributed by atoms with Crippen LogP contribution in [-0.4, -0.2) is 23.4 Å². The Hall–Kier alpha value is -2.11. The Kier molecular flexibility index (Phi) is 3.99. The van der Waals surface area contributed by atoms with Gasteiger partial charge in [-0.05, 0) is 32.3 Å². The number of rotatable bonds is 5. The van der Waals surface area contributed by atoms with E-state index in [0.29, 0.717) is 17.8 Å². The topological polar surface area (TPSA) is 84.3 Å². The Labute approximate surface area is 111 Å². The van der Waals surface area contributed by atoms with Gasteiger partial charge in [0.1, 0.15) is 0 Å². The number of nitrogens with zero attached hydrogens (tertiary/aromatic N) is 1. The monoisotopic (exact) mass is 263 g/mol. The zero-order chi connectivity index (χ0) is 13.8. The first-order chi connectivity index (χ1) is 9.11. The van der Waals surface area contributed by atoms with E-state index in [1.807, 2.05) is 6.92 Å². The third-order valence-corrected chi connectivity index (χ3v) is 3.27. The van der Waals surface area contributed by atoms with Gasteiger partial charge >= 0.3 is 0 Å². The van der Waals surface area contributed by atoms with E-state index in [9.17, 15) is 14.9 Å². The van der Waals surface area contributed by atoms with Gasteiger partial charge in [-0.25, -0.2) is 0 Å². The number of carbonyl (C=O) groups is 1. The van der Waals surface area contributed by atoms with Gasteiger partial charge in [0.15, 0.2) is 0 Å². The van der Waals surface area contributed by atoms with E-state index < -0.39 is 4.92 Å². The van der Waals surface area contributed by atoms with Crippen LogP contribution in [0.15, 0.2) is 18.2 Å². The lowest BCUT2D eigenvalue weighted by molar-refractivity contribution is -0.384. The maximum Gasteiger partial charge on any atom is 0.270 e. The van der Waals surface area contributed by atoms with Gasteiger partial charge in [-0.1, -0.05) is 0 Å². The Morgan fingerprint density at radius 2 is 2.21 bits per heavy atom. The molecule has 0 spiro atoms. The number of anilines is 1. The van der Waals surface area contributed by atoms with Gasteiger partial charge in [0.2, 0.25) is 0 Å². The standard InChI is InChI=1S/C13H17N3O3/c1-2-14-12-7-6-10(16(18)19)8-11(12)13(17)15-9-4-3-5-9/h6-9,14H,2-5H2,1H3,(H,15,17). The summed E-state index contributed by atoms with van der Waals surface area (Å²) in [6.07, 6.45) is 3.09. The lowest BCUT2D eigenvalue weighted by atomic mass is 9.93. The van der Waals surface area contributed by atoms with E-state index in [2.05, 4.69) is 10.6 Å². The van der Waals surface area contributed by atoms with Crippen LogP contribution in [0.2, 0.25) is 0 Å². The predicted molar refractivity (Wildman–Crippen MR) is 72.4 cm³/mol. The molecule has 1 fully saturated rings. The minimum atomic E-state index is -0.490. The number of hydrogen-bond acceptors (Lipinski definition) is 4. The number of amides is 1. The van der Waals surface area contributed by atoms with Crippen LogP contribution in [0.25, 0.3) is 0 Å². The van der Waals surface area contributed by atoms with Crippen LogP contribution in [0.5, 0.6) is 0 Å². The first kappa shape index (κ1) is 13.3. The third-order valence-electron chi connectivity index (χ3n) is 3.27. The van der Waals surface area contributed by atoms with Crippen LogP contribution in [0.3, 0.4) is 0 Å². The number of nitrogens with one attached hydrogen (secondary N) is 2. The van der Waals surface area contributed by atoms with Gasteiger partial charge in [0.05, 0.1) is 10.5 Å². The minimum absolute atomic E-state index is 0.0691. The summed E-state index contributed by atoms with van der Waals surface area (Å²) in [4.78, 5) is 22.4. The van der Waals surface area contributed by atoms with Gasteiger partial charge in [0.25, 0.3) is 11.6 Å². The molecule has 6 heteroatoms. The fourth-order valence-electron chi connectivity index (χ4n) is 1.99. The van der Waals surface area contributed by atoms with Crippen molar-refractivity contribution in [2.75, 3.05) is 11.9 Å². The molecule has 0 heterocycles. The summed E-state index contributed by atoms with van der Waals surface area (Å²) < 4.78 is 0. The molecule has 1 aromatic rings. The number of hydrogen-bond donors (Lipinski definition) is 2. The van der Waals surface area contributed by atoms with Crippen molar-refractivity contribution in [2.24, 2.45) is 0 Å². The van der Waals surface area contributed by atoms with E-state index in [4.69, 9.17) is 0 Å². The molecule has 0 saturated heterocycles. The number of benzene rings is 1. The highest BCUT2D eigenvalue weighted by molar-refractivity contribution is 6.00. The Balaban J connectivity index is 2.24. The molecule has 0 aromatic heterocycles. The van der Waals surface area contributed by atoms with Gasteiger partial charge in [-0.2, -0.15) is 0 Å². The molecule has 0 aliphatic heterocycles. The molecule has 6 nitrogen and oxygen atoms in total. The Morgan fingerprint density at radius 1 is 1.47 bits per heavy atom. The second kappa shape index (κ2) is 5.69. The zero-order valence-corrected chi connectivity index (χ0v) is 10.8. The lowest BCUT2D eigenvalue weighted by Gasteiger charge is -2.26. The molecule has 1 aliphatic rings. The minimum Gasteiger partial charge on any atom is -0.385 e. The van der Waals surface area contributed by atoms with E-state index >= 15 is 0 Å². The molecule has 0 radical (unpaired) electrons. The maximum atomic E-state index is 12.1. The van der Waals surface area contributed by atoms with Crippen LogP contribution >= 0.6 is 0 Å². The molecule has 1 aliphatic carbocycles. The van der Waals surface area contributed by atoms with E-state index in [0.717, 1.165) is 19.3 Å². The lowest BCUT2D eigenvalue weighted by Crippen LogP contribution is -2.39. The summed E-state index contributed by atoms with van der Waals surface area (Å²) in [5.74, 6) is -0.246. The average Bonchev–Trinajstić information content (AvgIpc) is 2.34. The zero-order valence-electron chi connectivity index (χ0n) is 10.8. The highest BCUT2D eigenvalue weighted by Crippen LogP contribution is 2.24. The van der Waals surface area contributed by atoms with Crippen molar-refractivity contribution < 1.29 is 9.72 Å². The largest absolute Gasteiger partial charge is 0.385 e. The molecule has 0 atom stereocenters. The number of nitro groups is 1. The van der Waals surface area contributed by atoms with Gasteiger partial charge in [0, 0.05) is 30.4 Å². The average molecular weight is 263 g/mol. The summed E-state index contributed by atoms with van der Waals surface area (Å²) in [7, 11) is 0. The number of non-ortho nitro benzene ring substituents is 1. The van der Waals surface area contributed by atoms with Crippen molar-refractivity contribution in [3.8, 4) is 0 Å². The van der Waals surface area contributed by atoms with Crippen LogP contribution in [-0.2, 0) is 0 Å². The first-order valence-corrected chi connectivity index (χ1v) is 6.45. The summed E-state index contributed by atoms with van der Waals surface area (Å²) >= 11 is 0. The Bertz CT molecular complexity index is 498.